The monoisotopic (exact) mass is 350 g/mol. The van der Waals surface area contributed by atoms with E-state index in [0.29, 0.717) is 16.4 Å². The van der Waals surface area contributed by atoms with Crippen molar-refractivity contribution in [1.29, 1.82) is 0 Å². The highest BCUT2D eigenvalue weighted by molar-refractivity contribution is 7.76. The molecular formula is C21H16FO2P. The fraction of sp³-hybridized carbons (Fsp3) is 0.0476. The molecule has 2 nitrogen and oxygen atoms in total. The van der Waals surface area contributed by atoms with Gasteiger partial charge < -0.3 is 9.67 Å². The summed E-state index contributed by atoms with van der Waals surface area (Å²) < 4.78 is 26.8. The summed E-state index contributed by atoms with van der Waals surface area (Å²) in [5.74, 6) is 1.16. The molecule has 1 N–H and O–H groups in total. The van der Waals surface area contributed by atoms with Crippen LogP contribution in [0.25, 0.3) is 0 Å². The van der Waals surface area contributed by atoms with Gasteiger partial charge in [-0.25, -0.2) is 4.39 Å². The van der Waals surface area contributed by atoms with E-state index in [4.69, 9.17) is 0 Å². The molecule has 2 atom stereocenters. The summed E-state index contributed by atoms with van der Waals surface area (Å²) in [6, 6.07) is 23.2. The molecule has 0 aliphatic carbocycles. The largest absolute Gasteiger partial charge is 0.379 e. The Kier molecular flexibility index (Phi) is 5.14. The summed E-state index contributed by atoms with van der Waals surface area (Å²) in [5, 5.41) is 11.2. The predicted octanol–water partition coefficient (Wildman–Crippen LogP) is 4.51. The highest BCUT2D eigenvalue weighted by Gasteiger charge is 2.33. The van der Waals surface area contributed by atoms with Gasteiger partial charge in [-0.15, -0.1) is 0 Å². The van der Waals surface area contributed by atoms with Crippen molar-refractivity contribution in [2.45, 2.75) is 5.85 Å². The molecule has 3 aromatic rings. The molecule has 4 heteroatoms. The van der Waals surface area contributed by atoms with Crippen LogP contribution in [0, 0.1) is 17.4 Å². The van der Waals surface area contributed by atoms with E-state index in [-0.39, 0.29) is 0 Å². The van der Waals surface area contributed by atoms with E-state index in [1.807, 2.05) is 36.4 Å². The molecule has 0 spiro atoms. The molecular weight excluding hydrogens is 334 g/mol. The van der Waals surface area contributed by atoms with E-state index in [2.05, 4.69) is 11.6 Å². The van der Waals surface area contributed by atoms with Gasteiger partial charge in [0.15, 0.2) is 0 Å². The highest BCUT2D eigenvalue weighted by atomic mass is 31.2. The highest BCUT2D eigenvalue weighted by Crippen LogP contribution is 2.55. The van der Waals surface area contributed by atoms with Crippen LogP contribution in [0.4, 0.5) is 4.39 Å². The average Bonchev–Trinajstić information content (AvgIpc) is 2.67. The minimum atomic E-state index is -3.49. The lowest BCUT2D eigenvalue weighted by Gasteiger charge is -2.19. The van der Waals surface area contributed by atoms with Gasteiger partial charge in [0, 0.05) is 10.9 Å². The van der Waals surface area contributed by atoms with Crippen molar-refractivity contribution in [3.05, 3.63) is 102 Å². The third-order valence-electron chi connectivity index (χ3n) is 3.79. The number of hydrogen-bond donors (Lipinski definition) is 1. The molecule has 0 aromatic heterocycles. The van der Waals surface area contributed by atoms with Crippen molar-refractivity contribution >= 4 is 12.4 Å². The smallest absolute Gasteiger partial charge is 0.214 e. The fourth-order valence-corrected chi connectivity index (χ4v) is 4.47. The third kappa shape index (κ3) is 3.88. The van der Waals surface area contributed by atoms with Crippen LogP contribution in [0.15, 0.2) is 84.9 Å². The summed E-state index contributed by atoms with van der Waals surface area (Å²) in [6.07, 6.45) is 0. The van der Waals surface area contributed by atoms with E-state index >= 15 is 0 Å². The number of rotatable bonds is 3. The van der Waals surface area contributed by atoms with Crippen molar-refractivity contribution in [2.24, 2.45) is 0 Å². The van der Waals surface area contributed by atoms with Crippen LogP contribution in [0.3, 0.4) is 0 Å². The first-order valence-corrected chi connectivity index (χ1v) is 9.54. The average molecular weight is 350 g/mol. The summed E-state index contributed by atoms with van der Waals surface area (Å²) in [4.78, 5) is 0. The maximum atomic E-state index is 13.7. The van der Waals surface area contributed by atoms with Gasteiger partial charge in [-0.3, -0.25) is 0 Å². The van der Waals surface area contributed by atoms with Gasteiger partial charge in [-0.05, 0) is 35.5 Å². The van der Waals surface area contributed by atoms with Crippen LogP contribution in [-0.2, 0) is 4.57 Å². The van der Waals surface area contributed by atoms with Gasteiger partial charge in [0.05, 0.1) is 0 Å². The summed E-state index contributed by atoms with van der Waals surface area (Å²) in [7, 11) is -3.49. The fourth-order valence-electron chi connectivity index (χ4n) is 2.43. The minimum Gasteiger partial charge on any atom is -0.379 e. The SMILES string of the molecule is O=P(C#Cc1ccccc1)(c1ccccc1)C(O)c1ccc(F)cc1. The van der Waals surface area contributed by atoms with Crippen molar-refractivity contribution in [1.82, 2.24) is 0 Å². The molecule has 25 heavy (non-hydrogen) atoms. The maximum absolute atomic E-state index is 13.7. The van der Waals surface area contributed by atoms with Crippen molar-refractivity contribution < 1.29 is 14.1 Å². The minimum absolute atomic E-state index is 0.371. The third-order valence-corrected chi connectivity index (χ3v) is 6.29. The van der Waals surface area contributed by atoms with E-state index in [1.54, 1.807) is 24.3 Å². The van der Waals surface area contributed by atoms with E-state index in [9.17, 15) is 14.1 Å². The number of benzene rings is 3. The van der Waals surface area contributed by atoms with Crippen LogP contribution in [0.1, 0.15) is 17.0 Å². The molecule has 0 aliphatic rings. The Morgan fingerprint density at radius 2 is 1.40 bits per heavy atom. The second kappa shape index (κ2) is 7.49. The van der Waals surface area contributed by atoms with Gasteiger partial charge in [0.2, 0.25) is 7.14 Å². The zero-order chi connectivity index (χ0) is 17.7. The summed E-state index contributed by atoms with van der Waals surface area (Å²) in [6.45, 7) is 0. The Balaban J connectivity index is 2.08. The first-order valence-electron chi connectivity index (χ1n) is 7.77. The zero-order valence-electron chi connectivity index (χ0n) is 13.3. The topological polar surface area (TPSA) is 37.3 Å². The van der Waals surface area contributed by atoms with Crippen LogP contribution in [0.5, 0.6) is 0 Å². The van der Waals surface area contributed by atoms with Crippen LogP contribution >= 0.6 is 7.14 Å². The van der Waals surface area contributed by atoms with E-state index in [0.717, 1.165) is 0 Å². The predicted molar refractivity (Wildman–Crippen MR) is 98.4 cm³/mol. The van der Waals surface area contributed by atoms with E-state index in [1.165, 1.54) is 24.3 Å². The molecule has 0 aliphatic heterocycles. The molecule has 124 valence electrons. The molecule has 3 rings (SSSR count). The van der Waals surface area contributed by atoms with Gasteiger partial charge in [-0.2, -0.15) is 0 Å². The molecule has 0 bridgehead atoms. The lowest BCUT2D eigenvalue weighted by Crippen LogP contribution is -2.10. The Hall–Kier alpha value is -2.66. The van der Waals surface area contributed by atoms with Gasteiger partial charge in [0.1, 0.15) is 11.7 Å². The van der Waals surface area contributed by atoms with Gasteiger partial charge in [-0.1, -0.05) is 66.6 Å². The Labute approximate surface area is 146 Å². The molecule has 0 saturated heterocycles. The first-order chi connectivity index (χ1) is 12.1. The number of halogens is 1. The Bertz CT molecular complexity index is 942. The molecule has 0 fully saturated rings. The summed E-state index contributed by atoms with van der Waals surface area (Å²) in [5.41, 5.74) is 3.89. The first kappa shape index (κ1) is 17.2. The molecule has 0 heterocycles. The second-order valence-corrected chi connectivity index (χ2v) is 8.07. The van der Waals surface area contributed by atoms with Crippen LogP contribution < -0.4 is 5.30 Å². The number of hydrogen-bond acceptors (Lipinski definition) is 2. The van der Waals surface area contributed by atoms with Gasteiger partial charge >= 0.3 is 0 Å². The Morgan fingerprint density at radius 3 is 2.00 bits per heavy atom. The number of aliphatic hydroxyl groups excluding tert-OH is 1. The van der Waals surface area contributed by atoms with Crippen molar-refractivity contribution in [3.8, 4) is 11.6 Å². The molecule has 0 amide bonds. The summed E-state index contributed by atoms with van der Waals surface area (Å²) >= 11 is 0. The Morgan fingerprint density at radius 1 is 0.840 bits per heavy atom. The van der Waals surface area contributed by atoms with E-state index < -0.39 is 18.8 Å². The maximum Gasteiger partial charge on any atom is 0.214 e. The molecule has 2 unspecified atom stereocenters. The van der Waals surface area contributed by atoms with Crippen molar-refractivity contribution in [3.63, 3.8) is 0 Å². The van der Waals surface area contributed by atoms with Crippen LogP contribution in [-0.4, -0.2) is 5.11 Å². The zero-order valence-corrected chi connectivity index (χ0v) is 14.2. The normalized spacial score (nSPS) is 14.0. The lowest BCUT2D eigenvalue weighted by atomic mass is 10.2. The van der Waals surface area contributed by atoms with Gasteiger partial charge in [0.25, 0.3) is 0 Å². The van der Waals surface area contributed by atoms with Crippen LogP contribution in [0.2, 0.25) is 0 Å². The quantitative estimate of drug-likeness (QED) is 0.557. The number of aliphatic hydroxyl groups is 1. The second-order valence-electron chi connectivity index (χ2n) is 5.52. The standard InChI is InChI=1S/C21H16FO2P/c22-19-13-11-18(12-14-19)21(23)25(24,20-9-5-2-6-10-20)16-15-17-7-3-1-4-8-17/h1-14,21,23H. The van der Waals surface area contributed by atoms with Crippen molar-refractivity contribution in [2.75, 3.05) is 0 Å². The molecule has 0 saturated carbocycles. The molecule has 0 radical (unpaired) electrons. The molecule has 3 aromatic carbocycles. The lowest BCUT2D eigenvalue weighted by molar-refractivity contribution is 0.257.